The highest BCUT2D eigenvalue weighted by Crippen LogP contribution is 2.54. The van der Waals surface area contributed by atoms with E-state index in [4.69, 9.17) is 27.9 Å². The summed E-state index contributed by atoms with van der Waals surface area (Å²) in [5, 5.41) is 3.82. The van der Waals surface area contributed by atoms with E-state index in [2.05, 4.69) is 5.09 Å². The second kappa shape index (κ2) is 9.84. The van der Waals surface area contributed by atoms with E-state index >= 15 is 0 Å². The van der Waals surface area contributed by atoms with Crippen molar-refractivity contribution in [1.29, 1.82) is 0 Å². The van der Waals surface area contributed by atoms with Gasteiger partial charge in [0.05, 0.1) is 22.9 Å². The summed E-state index contributed by atoms with van der Waals surface area (Å²) < 4.78 is 19.3. The standard InChI is InChI=1S/C23H20Cl2NO2P/c1-28-23-15-9-8-14-22(23)26-29(27,16-20(24)18-10-4-2-5-11-18)17-21(25)19-12-6-3-7-13-19/h2-17H,1H3,(H,26,27)/b20-16+,21-17?. The number of para-hydroxylation sites is 2. The molecule has 0 heterocycles. The zero-order valence-electron chi connectivity index (χ0n) is 15.8. The number of hydrogen-bond donors (Lipinski definition) is 1. The number of rotatable bonds is 7. The quantitative estimate of drug-likeness (QED) is 0.377. The fourth-order valence-corrected chi connectivity index (χ4v) is 5.57. The second-order valence-corrected chi connectivity index (χ2v) is 9.18. The number of hydrogen-bond acceptors (Lipinski definition) is 2. The van der Waals surface area contributed by atoms with Crippen LogP contribution in [0.5, 0.6) is 5.75 Å². The van der Waals surface area contributed by atoms with Crippen molar-refractivity contribution in [1.82, 2.24) is 0 Å². The Kier molecular flexibility index (Phi) is 7.22. The van der Waals surface area contributed by atoms with Crippen molar-refractivity contribution in [3.05, 3.63) is 108 Å². The summed E-state index contributed by atoms with van der Waals surface area (Å²) >= 11 is 13.0. The lowest BCUT2D eigenvalue weighted by molar-refractivity contribution is 0.417. The molecule has 1 unspecified atom stereocenters. The largest absolute Gasteiger partial charge is 0.495 e. The molecule has 29 heavy (non-hydrogen) atoms. The molecule has 0 aliphatic heterocycles. The van der Waals surface area contributed by atoms with E-state index in [1.165, 1.54) is 11.6 Å². The minimum Gasteiger partial charge on any atom is -0.495 e. The minimum atomic E-state index is -3.34. The number of benzene rings is 3. The zero-order chi connectivity index (χ0) is 20.7. The number of nitrogens with one attached hydrogen (secondary N) is 1. The first kappa shape index (κ1) is 21.3. The van der Waals surface area contributed by atoms with Gasteiger partial charge in [0.1, 0.15) is 5.75 Å². The fraction of sp³-hybridized carbons (Fsp3) is 0.0435. The molecule has 0 saturated heterocycles. The van der Waals surface area contributed by atoms with Crippen LogP contribution in [-0.2, 0) is 4.57 Å². The molecule has 0 aromatic heterocycles. The molecule has 148 valence electrons. The van der Waals surface area contributed by atoms with E-state index in [-0.39, 0.29) is 0 Å². The van der Waals surface area contributed by atoms with Gasteiger partial charge in [-0.1, -0.05) is 96.0 Å². The molecule has 1 atom stereocenters. The third-order valence-electron chi connectivity index (χ3n) is 4.11. The molecule has 0 fully saturated rings. The van der Waals surface area contributed by atoms with Crippen LogP contribution in [0.25, 0.3) is 10.1 Å². The van der Waals surface area contributed by atoms with Crippen molar-refractivity contribution in [3.8, 4) is 5.75 Å². The fourth-order valence-electron chi connectivity index (χ4n) is 2.71. The Morgan fingerprint density at radius 3 is 1.72 bits per heavy atom. The molecular formula is C23H20Cl2NO2P. The molecule has 0 aliphatic carbocycles. The number of anilines is 1. The molecule has 0 spiro atoms. The predicted octanol–water partition coefficient (Wildman–Crippen LogP) is 7.86. The van der Waals surface area contributed by atoms with Gasteiger partial charge in [-0.2, -0.15) is 0 Å². The molecule has 3 aromatic rings. The highest BCUT2D eigenvalue weighted by Gasteiger charge is 2.21. The van der Waals surface area contributed by atoms with Crippen molar-refractivity contribution < 1.29 is 9.30 Å². The third-order valence-corrected chi connectivity index (χ3v) is 6.94. The average Bonchev–Trinajstić information content (AvgIpc) is 2.75. The highest BCUT2D eigenvalue weighted by molar-refractivity contribution is 7.72. The summed E-state index contributed by atoms with van der Waals surface area (Å²) in [5.74, 6) is 3.60. The Morgan fingerprint density at radius 2 is 1.24 bits per heavy atom. The summed E-state index contributed by atoms with van der Waals surface area (Å²) in [4.78, 5) is 0. The number of halogens is 2. The zero-order valence-corrected chi connectivity index (χ0v) is 18.2. The van der Waals surface area contributed by atoms with Crippen LogP contribution in [0.3, 0.4) is 0 Å². The molecule has 0 bridgehead atoms. The van der Waals surface area contributed by atoms with Crippen LogP contribution in [0.2, 0.25) is 0 Å². The Hall–Kier alpha value is -2.45. The van der Waals surface area contributed by atoms with Gasteiger partial charge < -0.3 is 9.82 Å². The van der Waals surface area contributed by atoms with E-state index < -0.39 is 7.29 Å². The average molecular weight is 444 g/mol. The SMILES string of the molecule is COc1ccccc1NP(=O)(C=C(Cl)c1ccccc1)/C=C(/Cl)c1ccccc1. The molecule has 6 heteroatoms. The predicted molar refractivity (Wildman–Crippen MR) is 125 cm³/mol. The number of methoxy groups -OCH3 is 1. The van der Waals surface area contributed by atoms with Crippen LogP contribution in [0.1, 0.15) is 11.1 Å². The maximum Gasteiger partial charge on any atom is 0.216 e. The third kappa shape index (κ3) is 5.77. The van der Waals surface area contributed by atoms with Crippen LogP contribution in [0.4, 0.5) is 5.69 Å². The molecule has 3 rings (SSSR count). The van der Waals surface area contributed by atoms with Crippen molar-refractivity contribution in [2.75, 3.05) is 12.2 Å². The highest BCUT2D eigenvalue weighted by atomic mass is 35.5. The van der Waals surface area contributed by atoms with Gasteiger partial charge >= 0.3 is 0 Å². The van der Waals surface area contributed by atoms with Gasteiger partial charge in [0.25, 0.3) is 0 Å². The minimum absolute atomic E-state index is 0.366. The summed E-state index contributed by atoms with van der Waals surface area (Å²) in [6.45, 7) is 0. The van der Waals surface area contributed by atoms with Crippen molar-refractivity contribution >= 4 is 46.2 Å². The van der Waals surface area contributed by atoms with Crippen LogP contribution in [0, 0.1) is 0 Å². The Labute approximate surface area is 181 Å². The van der Waals surface area contributed by atoms with E-state index in [1.54, 1.807) is 19.2 Å². The smallest absolute Gasteiger partial charge is 0.216 e. The molecule has 0 radical (unpaired) electrons. The lowest BCUT2D eigenvalue weighted by atomic mass is 10.2. The normalized spacial score (nSPS) is 14.2. The molecule has 0 saturated carbocycles. The van der Waals surface area contributed by atoms with Gasteiger partial charge in [-0.15, -0.1) is 0 Å². The van der Waals surface area contributed by atoms with Crippen molar-refractivity contribution in [3.63, 3.8) is 0 Å². The summed E-state index contributed by atoms with van der Waals surface area (Å²) in [7, 11) is -1.78. The molecule has 3 aromatic carbocycles. The van der Waals surface area contributed by atoms with Crippen molar-refractivity contribution in [2.45, 2.75) is 0 Å². The van der Waals surface area contributed by atoms with Gasteiger partial charge in [0, 0.05) is 11.6 Å². The van der Waals surface area contributed by atoms with E-state index in [9.17, 15) is 4.57 Å². The van der Waals surface area contributed by atoms with Crippen LogP contribution in [-0.4, -0.2) is 7.11 Å². The summed E-state index contributed by atoms with van der Waals surface area (Å²) in [6.07, 6.45) is 0. The van der Waals surface area contributed by atoms with Gasteiger partial charge in [-0.05, 0) is 23.3 Å². The molecule has 1 N–H and O–H groups in total. The maximum atomic E-state index is 13.9. The first-order valence-electron chi connectivity index (χ1n) is 8.89. The number of ether oxygens (including phenoxy) is 1. The lowest BCUT2D eigenvalue weighted by Crippen LogP contribution is -1.97. The molecular weight excluding hydrogens is 424 g/mol. The summed E-state index contributed by atoms with van der Waals surface area (Å²) in [5.41, 5.74) is 2.11. The van der Waals surface area contributed by atoms with Gasteiger partial charge in [0.15, 0.2) is 0 Å². The Morgan fingerprint density at radius 1 is 0.793 bits per heavy atom. The second-order valence-electron chi connectivity index (χ2n) is 6.21. The first-order chi connectivity index (χ1) is 14.0. The van der Waals surface area contributed by atoms with Gasteiger partial charge in [-0.25, -0.2) is 0 Å². The van der Waals surface area contributed by atoms with Crippen LogP contribution in [0.15, 0.2) is 96.6 Å². The van der Waals surface area contributed by atoms with Gasteiger partial charge in [-0.3, -0.25) is 4.57 Å². The summed E-state index contributed by atoms with van der Waals surface area (Å²) in [6, 6.07) is 26.0. The van der Waals surface area contributed by atoms with Crippen LogP contribution >= 0.6 is 30.5 Å². The van der Waals surface area contributed by atoms with E-state index in [0.717, 1.165) is 11.1 Å². The van der Waals surface area contributed by atoms with Crippen LogP contribution < -0.4 is 9.82 Å². The molecule has 0 amide bonds. The molecule has 3 nitrogen and oxygen atoms in total. The monoisotopic (exact) mass is 443 g/mol. The Bertz CT molecular complexity index is 1010. The maximum absolute atomic E-state index is 13.9. The molecule has 0 aliphatic rings. The Balaban J connectivity index is 2.06. The topological polar surface area (TPSA) is 38.3 Å². The van der Waals surface area contributed by atoms with E-state index in [1.807, 2.05) is 72.8 Å². The first-order valence-corrected chi connectivity index (χ1v) is 11.5. The van der Waals surface area contributed by atoms with Gasteiger partial charge in [0.2, 0.25) is 7.29 Å². The van der Waals surface area contributed by atoms with E-state index in [0.29, 0.717) is 21.5 Å². The lowest BCUT2D eigenvalue weighted by Gasteiger charge is -2.17. The van der Waals surface area contributed by atoms with Crippen molar-refractivity contribution in [2.24, 2.45) is 0 Å².